The maximum absolute atomic E-state index is 13.9. The third-order valence-corrected chi connectivity index (χ3v) is 7.73. The van der Waals surface area contributed by atoms with Crippen LogP contribution in [0, 0.1) is 6.92 Å². The van der Waals surface area contributed by atoms with E-state index in [2.05, 4.69) is 28.6 Å². The van der Waals surface area contributed by atoms with Crippen molar-refractivity contribution in [3.8, 4) is 5.75 Å². The minimum absolute atomic E-state index is 0.190. The fourth-order valence-electron chi connectivity index (χ4n) is 4.88. The molecule has 0 aliphatic carbocycles. The molecule has 7 nitrogen and oxygen atoms in total. The van der Waals surface area contributed by atoms with Crippen LogP contribution in [0.3, 0.4) is 0 Å². The van der Waals surface area contributed by atoms with Crippen molar-refractivity contribution < 1.29 is 14.3 Å². The summed E-state index contributed by atoms with van der Waals surface area (Å²) in [6.45, 7) is 8.32. The quantitative estimate of drug-likeness (QED) is 0.364. The summed E-state index contributed by atoms with van der Waals surface area (Å²) in [5.74, 6) is 0.255. The number of allylic oxidation sites excluding steroid dienone is 1. The van der Waals surface area contributed by atoms with Crippen LogP contribution < -0.4 is 19.6 Å². The number of aryl methyl sites for hydroxylation is 1. The summed E-state index contributed by atoms with van der Waals surface area (Å²) in [5.41, 5.74) is 4.68. The normalized spacial score (nSPS) is 15.6. The maximum atomic E-state index is 13.9. The van der Waals surface area contributed by atoms with Gasteiger partial charge in [0.15, 0.2) is 4.80 Å². The minimum atomic E-state index is -0.651. The number of carbonyl (C=O) groups is 1. The highest BCUT2D eigenvalue weighted by Gasteiger charge is 2.33. The standard InChI is InChI=1S/C29H29N3O4S/c1-6-35-20-14-12-19(13-15-20)26-25(28(34)36-7-2)17(3)30-29-32(26)27(33)24(37-29)16-22-18(4)31(5)23-11-9-8-10-21(22)23/h8-16,26H,6-7H2,1-5H3/b24-16-. The molecule has 8 heteroatoms. The van der Waals surface area contributed by atoms with E-state index in [1.807, 2.05) is 56.4 Å². The Bertz CT molecular complexity index is 1720. The van der Waals surface area contributed by atoms with Crippen molar-refractivity contribution in [1.82, 2.24) is 9.13 Å². The van der Waals surface area contributed by atoms with Crippen molar-refractivity contribution in [2.45, 2.75) is 33.7 Å². The average Bonchev–Trinajstić information content (AvgIpc) is 3.32. The van der Waals surface area contributed by atoms with E-state index in [0.717, 1.165) is 33.5 Å². The van der Waals surface area contributed by atoms with Crippen LogP contribution in [-0.2, 0) is 16.6 Å². The first-order valence-electron chi connectivity index (χ1n) is 12.3. The van der Waals surface area contributed by atoms with Crippen LogP contribution in [-0.4, -0.2) is 28.3 Å². The van der Waals surface area contributed by atoms with Crippen LogP contribution in [0.2, 0.25) is 0 Å². The summed E-state index contributed by atoms with van der Waals surface area (Å²) in [4.78, 5) is 32.3. The van der Waals surface area contributed by atoms with Gasteiger partial charge in [0.2, 0.25) is 0 Å². The number of aromatic nitrogens is 2. The summed E-state index contributed by atoms with van der Waals surface area (Å²) < 4.78 is 15.3. The van der Waals surface area contributed by atoms with Gasteiger partial charge in [-0.1, -0.05) is 41.7 Å². The number of nitrogens with zero attached hydrogens (tertiary/aromatic N) is 3. The van der Waals surface area contributed by atoms with E-state index in [0.29, 0.717) is 27.2 Å². The van der Waals surface area contributed by atoms with Gasteiger partial charge in [-0.25, -0.2) is 9.79 Å². The van der Waals surface area contributed by atoms with Gasteiger partial charge in [-0.05, 0) is 57.5 Å². The van der Waals surface area contributed by atoms with Gasteiger partial charge in [0.25, 0.3) is 5.56 Å². The Morgan fingerprint density at radius 1 is 1.08 bits per heavy atom. The lowest BCUT2D eigenvalue weighted by Gasteiger charge is -2.24. The third-order valence-electron chi connectivity index (χ3n) is 6.75. The molecule has 2 aromatic heterocycles. The third kappa shape index (κ3) is 4.21. The van der Waals surface area contributed by atoms with Gasteiger partial charge in [-0.3, -0.25) is 9.36 Å². The van der Waals surface area contributed by atoms with Crippen LogP contribution in [0.5, 0.6) is 5.75 Å². The molecule has 0 bridgehead atoms. The smallest absolute Gasteiger partial charge is 0.338 e. The second kappa shape index (κ2) is 9.86. The first-order chi connectivity index (χ1) is 17.8. The van der Waals surface area contributed by atoms with Gasteiger partial charge in [0, 0.05) is 29.2 Å². The van der Waals surface area contributed by atoms with E-state index in [4.69, 9.17) is 9.47 Å². The van der Waals surface area contributed by atoms with E-state index >= 15 is 0 Å². The Morgan fingerprint density at radius 2 is 1.81 bits per heavy atom. The van der Waals surface area contributed by atoms with Crippen molar-refractivity contribution >= 4 is 34.3 Å². The number of fused-ring (bicyclic) bond motifs is 2. The molecular formula is C29H29N3O4S. The Hall–Kier alpha value is -3.91. The number of hydrogen-bond acceptors (Lipinski definition) is 6. The molecule has 0 fully saturated rings. The molecule has 0 N–H and O–H groups in total. The Morgan fingerprint density at radius 3 is 2.51 bits per heavy atom. The van der Waals surface area contributed by atoms with E-state index in [9.17, 15) is 9.59 Å². The molecule has 0 radical (unpaired) electrons. The van der Waals surface area contributed by atoms with Gasteiger partial charge >= 0.3 is 5.97 Å². The second-order valence-electron chi connectivity index (χ2n) is 8.88. The number of esters is 1. The summed E-state index contributed by atoms with van der Waals surface area (Å²) in [6.07, 6.45) is 1.94. The van der Waals surface area contributed by atoms with Gasteiger partial charge in [-0.15, -0.1) is 0 Å². The van der Waals surface area contributed by atoms with Crippen molar-refractivity contribution in [2.75, 3.05) is 13.2 Å². The first-order valence-corrected chi connectivity index (χ1v) is 13.1. The SMILES string of the molecule is CCOC(=O)C1=C(C)N=c2s/c(=C\c3c(C)n(C)c4ccccc34)c(=O)n2C1c1ccc(OCC)cc1. The minimum Gasteiger partial charge on any atom is -0.494 e. The number of carbonyl (C=O) groups excluding carboxylic acids is 1. The summed E-state index contributed by atoms with van der Waals surface area (Å²) in [7, 11) is 2.03. The molecule has 1 atom stereocenters. The topological polar surface area (TPSA) is 74.8 Å². The molecule has 190 valence electrons. The molecule has 2 aromatic carbocycles. The highest BCUT2D eigenvalue weighted by molar-refractivity contribution is 7.07. The Balaban J connectivity index is 1.74. The summed E-state index contributed by atoms with van der Waals surface area (Å²) >= 11 is 1.33. The molecule has 1 unspecified atom stereocenters. The predicted molar refractivity (Wildman–Crippen MR) is 146 cm³/mol. The fraction of sp³-hybridized carbons (Fsp3) is 0.276. The van der Waals surface area contributed by atoms with Crippen molar-refractivity contribution in [3.63, 3.8) is 0 Å². The van der Waals surface area contributed by atoms with Crippen molar-refractivity contribution in [1.29, 1.82) is 0 Å². The van der Waals surface area contributed by atoms with E-state index in [1.165, 1.54) is 11.3 Å². The number of rotatable bonds is 6. The first kappa shape index (κ1) is 24.8. The molecule has 1 aliphatic heterocycles. The van der Waals surface area contributed by atoms with Crippen LogP contribution in [0.15, 0.2) is 69.6 Å². The van der Waals surface area contributed by atoms with Crippen LogP contribution in [0.4, 0.5) is 0 Å². The van der Waals surface area contributed by atoms with Crippen molar-refractivity contribution in [2.24, 2.45) is 12.0 Å². The largest absolute Gasteiger partial charge is 0.494 e. The highest BCUT2D eigenvalue weighted by atomic mass is 32.1. The highest BCUT2D eigenvalue weighted by Crippen LogP contribution is 2.32. The molecule has 0 saturated carbocycles. The number of para-hydroxylation sites is 1. The Kier molecular flexibility index (Phi) is 6.60. The molecule has 1 aliphatic rings. The molecule has 3 heterocycles. The van der Waals surface area contributed by atoms with Crippen LogP contribution in [0.1, 0.15) is 43.6 Å². The van der Waals surface area contributed by atoms with Gasteiger partial charge in [0.1, 0.15) is 5.75 Å². The second-order valence-corrected chi connectivity index (χ2v) is 9.89. The van der Waals surface area contributed by atoms with E-state index in [-0.39, 0.29) is 12.2 Å². The summed E-state index contributed by atoms with van der Waals surface area (Å²) in [6, 6.07) is 15.0. The lowest BCUT2D eigenvalue weighted by Crippen LogP contribution is -2.39. The number of benzene rings is 2. The van der Waals surface area contributed by atoms with Crippen molar-refractivity contribution in [3.05, 3.63) is 96.3 Å². The molecule has 0 spiro atoms. The molecule has 37 heavy (non-hydrogen) atoms. The monoisotopic (exact) mass is 515 g/mol. The molecule has 0 saturated heterocycles. The number of hydrogen-bond donors (Lipinski definition) is 0. The fourth-order valence-corrected chi connectivity index (χ4v) is 5.91. The zero-order valence-electron chi connectivity index (χ0n) is 21.6. The van der Waals surface area contributed by atoms with Gasteiger partial charge < -0.3 is 14.0 Å². The molecule has 4 aromatic rings. The Labute approximate surface area is 218 Å². The zero-order valence-corrected chi connectivity index (χ0v) is 22.4. The van der Waals surface area contributed by atoms with Crippen LogP contribution >= 0.6 is 11.3 Å². The number of thiazole rings is 1. The van der Waals surface area contributed by atoms with Gasteiger partial charge in [0.05, 0.1) is 35.1 Å². The summed E-state index contributed by atoms with van der Waals surface area (Å²) in [5, 5.41) is 1.08. The predicted octanol–water partition coefficient (Wildman–Crippen LogP) is 4.00. The van der Waals surface area contributed by atoms with E-state index < -0.39 is 12.0 Å². The number of ether oxygens (including phenoxy) is 2. The molecular weight excluding hydrogens is 486 g/mol. The maximum Gasteiger partial charge on any atom is 0.338 e. The zero-order chi connectivity index (χ0) is 26.3. The lowest BCUT2D eigenvalue weighted by atomic mass is 9.96. The van der Waals surface area contributed by atoms with Crippen LogP contribution in [0.25, 0.3) is 17.0 Å². The molecule has 5 rings (SSSR count). The lowest BCUT2D eigenvalue weighted by molar-refractivity contribution is -0.139. The van der Waals surface area contributed by atoms with Gasteiger partial charge in [-0.2, -0.15) is 0 Å². The molecule has 0 amide bonds. The van der Waals surface area contributed by atoms with E-state index in [1.54, 1.807) is 18.4 Å². The average molecular weight is 516 g/mol.